The van der Waals surface area contributed by atoms with Crippen LogP contribution >= 0.6 is 0 Å². The number of hydrogen-bond donors (Lipinski definition) is 1. The number of aliphatic hydroxyl groups excluding tert-OH is 1. The van der Waals surface area contributed by atoms with Gasteiger partial charge in [-0.05, 0) is 18.6 Å². The van der Waals surface area contributed by atoms with E-state index in [1.54, 1.807) is 6.07 Å². The zero-order chi connectivity index (χ0) is 12.6. The minimum absolute atomic E-state index is 0.252. The molecule has 92 valence electrons. The molecule has 0 amide bonds. The molecule has 0 radical (unpaired) electrons. The monoisotopic (exact) mass is 243 g/mol. The summed E-state index contributed by atoms with van der Waals surface area (Å²) in [7, 11) is 0. The molecule has 2 unspecified atom stereocenters. The first kappa shape index (κ1) is 11.3. The third-order valence-electron chi connectivity index (χ3n) is 3.51. The Morgan fingerprint density at radius 2 is 2.22 bits per heavy atom. The number of nitrogens with zero attached hydrogens (tertiary/aromatic N) is 1. The quantitative estimate of drug-likeness (QED) is 0.879. The Hall–Kier alpha value is -1.83. The van der Waals surface area contributed by atoms with Crippen molar-refractivity contribution in [3.8, 4) is 6.07 Å². The maximum absolute atomic E-state index is 10.4. The number of hydrogen-bond acceptors (Lipinski definition) is 4. The lowest BCUT2D eigenvalue weighted by Gasteiger charge is -2.23. The summed E-state index contributed by atoms with van der Waals surface area (Å²) in [6, 6.07) is 11.5. The van der Waals surface area contributed by atoms with Crippen LogP contribution in [0, 0.1) is 16.7 Å². The molecule has 0 aliphatic carbocycles. The minimum Gasteiger partial charge on any atom is -0.458 e. The topological polar surface area (TPSA) is 66.4 Å². The Labute approximate surface area is 104 Å². The lowest BCUT2D eigenvalue weighted by atomic mass is 9.82. The van der Waals surface area contributed by atoms with Gasteiger partial charge in [0.1, 0.15) is 22.9 Å². The number of nitriles is 1. The molecular formula is C14H13NO3. The molecule has 1 fully saturated rings. The van der Waals surface area contributed by atoms with Gasteiger partial charge in [-0.3, -0.25) is 0 Å². The molecule has 1 aliphatic heterocycles. The van der Waals surface area contributed by atoms with E-state index in [0.29, 0.717) is 18.8 Å². The highest BCUT2D eigenvalue weighted by Crippen LogP contribution is 2.41. The van der Waals surface area contributed by atoms with Crippen molar-refractivity contribution in [2.24, 2.45) is 5.41 Å². The standard InChI is InChI=1S/C14H13NO3/c15-8-14(5-6-17-9-14)13(16)12-7-10-3-1-2-4-11(10)18-12/h1-4,7,13,16H,5-6,9H2. The highest BCUT2D eigenvalue weighted by molar-refractivity contribution is 5.77. The van der Waals surface area contributed by atoms with E-state index < -0.39 is 11.5 Å². The van der Waals surface area contributed by atoms with Crippen molar-refractivity contribution in [2.75, 3.05) is 13.2 Å². The predicted octanol–water partition coefficient (Wildman–Crippen LogP) is 2.40. The van der Waals surface area contributed by atoms with Gasteiger partial charge >= 0.3 is 0 Å². The fourth-order valence-corrected chi connectivity index (χ4v) is 2.36. The first-order valence-electron chi connectivity index (χ1n) is 5.91. The van der Waals surface area contributed by atoms with Gasteiger partial charge in [0, 0.05) is 12.0 Å². The third kappa shape index (κ3) is 1.60. The van der Waals surface area contributed by atoms with Crippen LogP contribution in [0.3, 0.4) is 0 Å². The zero-order valence-electron chi connectivity index (χ0n) is 9.80. The summed E-state index contributed by atoms with van der Waals surface area (Å²) in [5.74, 6) is 0.434. The van der Waals surface area contributed by atoms with E-state index in [1.165, 1.54) is 0 Å². The molecule has 2 heterocycles. The molecule has 1 aromatic heterocycles. The normalized spacial score (nSPS) is 25.1. The molecule has 0 saturated carbocycles. The van der Waals surface area contributed by atoms with Crippen molar-refractivity contribution in [3.63, 3.8) is 0 Å². The van der Waals surface area contributed by atoms with Gasteiger partial charge in [0.05, 0.1) is 12.7 Å². The SMILES string of the molecule is N#CC1(C(O)c2cc3ccccc3o2)CCOC1. The van der Waals surface area contributed by atoms with E-state index in [4.69, 9.17) is 9.15 Å². The molecule has 1 N–H and O–H groups in total. The molecule has 4 heteroatoms. The maximum Gasteiger partial charge on any atom is 0.135 e. The molecule has 3 rings (SSSR count). The van der Waals surface area contributed by atoms with Crippen LogP contribution in [-0.2, 0) is 4.74 Å². The minimum atomic E-state index is -0.947. The molecule has 2 aromatic rings. The van der Waals surface area contributed by atoms with Crippen LogP contribution in [0.4, 0.5) is 0 Å². The summed E-state index contributed by atoms with van der Waals surface area (Å²) >= 11 is 0. The van der Waals surface area contributed by atoms with Crippen LogP contribution in [-0.4, -0.2) is 18.3 Å². The number of rotatable bonds is 2. The summed E-state index contributed by atoms with van der Waals surface area (Å²) in [6.07, 6.45) is -0.417. The second kappa shape index (κ2) is 4.13. The number of aliphatic hydroxyl groups is 1. The number of ether oxygens (including phenoxy) is 1. The Morgan fingerprint density at radius 3 is 2.89 bits per heavy atom. The van der Waals surface area contributed by atoms with Gasteiger partial charge in [-0.1, -0.05) is 18.2 Å². The Morgan fingerprint density at radius 1 is 1.39 bits per heavy atom. The predicted molar refractivity (Wildman–Crippen MR) is 64.7 cm³/mol. The lowest BCUT2D eigenvalue weighted by molar-refractivity contribution is 0.0355. The van der Waals surface area contributed by atoms with E-state index in [0.717, 1.165) is 11.0 Å². The third-order valence-corrected chi connectivity index (χ3v) is 3.51. The average molecular weight is 243 g/mol. The van der Waals surface area contributed by atoms with Crippen molar-refractivity contribution in [1.29, 1.82) is 5.26 Å². The molecule has 0 bridgehead atoms. The second-order valence-corrected chi connectivity index (χ2v) is 4.66. The van der Waals surface area contributed by atoms with E-state index >= 15 is 0 Å². The molecule has 18 heavy (non-hydrogen) atoms. The van der Waals surface area contributed by atoms with E-state index in [9.17, 15) is 10.4 Å². The van der Waals surface area contributed by atoms with E-state index in [2.05, 4.69) is 6.07 Å². The smallest absolute Gasteiger partial charge is 0.135 e. The number of para-hydroxylation sites is 1. The van der Waals surface area contributed by atoms with Gasteiger partial charge in [0.2, 0.25) is 0 Å². The van der Waals surface area contributed by atoms with Crippen molar-refractivity contribution in [1.82, 2.24) is 0 Å². The fourth-order valence-electron chi connectivity index (χ4n) is 2.36. The van der Waals surface area contributed by atoms with Gasteiger partial charge in [-0.25, -0.2) is 0 Å². The van der Waals surface area contributed by atoms with Crippen molar-refractivity contribution in [2.45, 2.75) is 12.5 Å². The Kier molecular flexibility index (Phi) is 2.58. The number of fused-ring (bicyclic) bond motifs is 1. The molecule has 1 aliphatic rings. The van der Waals surface area contributed by atoms with Crippen LogP contribution in [0.2, 0.25) is 0 Å². The fraction of sp³-hybridized carbons (Fsp3) is 0.357. The van der Waals surface area contributed by atoms with Crippen molar-refractivity contribution < 1.29 is 14.3 Å². The number of furan rings is 1. The molecule has 4 nitrogen and oxygen atoms in total. The summed E-state index contributed by atoms with van der Waals surface area (Å²) in [5, 5.41) is 20.6. The zero-order valence-corrected chi connectivity index (χ0v) is 9.80. The molecule has 1 saturated heterocycles. The van der Waals surface area contributed by atoms with Crippen LogP contribution < -0.4 is 0 Å². The highest BCUT2D eigenvalue weighted by Gasteiger charge is 2.44. The first-order chi connectivity index (χ1) is 8.75. The van der Waals surface area contributed by atoms with Crippen molar-refractivity contribution >= 4 is 11.0 Å². The average Bonchev–Trinajstić information content (AvgIpc) is 3.05. The largest absolute Gasteiger partial charge is 0.458 e. The van der Waals surface area contributed by atoms with Crippen LogP contribution in [0.1, 0.15) is 18.3 Å². The maximum atomic E-state index is 10.4. The van der Waals surface area contributed by atoms with Gasteiger partial charge in [-0.15, -0.1) is 0 Å². The van der Waals surface area contributed by atoms with Crippen molar-refractivity contribution in [3.05, 3.63) is 36.1 Å². The summed E-state index contributed by atoms with van der Waals surface area (Å²) in [5.41, 5.74) is -0.160. The van der Waals surface area contributed by atoms with Crippen LogP contribution in [0.25, 0.3) is 11.0 Å². The van der Waals surface area contributed by atoms with Gasteiger partial charge < -0.3 is 14.3 Å². The summed E-state index contributed by atoms with van der Waals surface area (Å²) < 4.78 is 10.9. The molecular weight excluding hydrogens is 230 g/mol. The van der Waals surface area contributed by atoms with Crippen LogP contribution in [0.5, 0.6) is 0 Å². The molecule has 1 aromatic carbocycles. The van der Waals surface area contributed by atoms with Gasteiger partial charge in [0.25, 0.3) is 0 Å². The Balaban J connectivity index is 2.01. The van der Waals surface area contributed by atoms with E-state index in [1.807, 2.05) is 24.3 Å². The van der Waals surface area contributed by atoms with Gasteiger partial charge in [0.15, 0.2) is 0 Å². The molecule has 0 spiro atoms. The first-order valence-corrected chi connectivity index (χ1v) is 5.91. The summed E-state index contributed by atoms with van der Waals surface area (Å²) in [4.78, 5) is 0. The Bertz CT molecular complexity index is 572. The lowest BCUT2D eigenvalue weighted by Crippen LogP contribution is -2.27. The van der Waals surface area contributed by atoms with Gasteiger partial charge in [-0.2, -0.15) is 5.26 Å². The summed E-state index contributed by atoms with van der Waals surface area (Å²) in [6.45, 7) is 0.757. The molecule has 2 atom stereocenters. The number of benzene rings is 1. The van der Waals surface area contributed by atoms with E-state index in [-0.39, 0.29) is 6.61 Å². The van der Waals surface area contributed by atoms with Crippen LogP contribution in [0.15, 0.2) is 34.7 Å². The second-order valence-electron chi connectivity index (χ2n) is 4.66. The highest BCUT2D eigenvalue weighted by atomic mass is 16.5.